The molecular weight excluding hydrogens is 228 g/mol. The van der Waals surface area contributed by atoms with E-state index >= 15 is 0 Å². The molecule has 0 radical (unpaired) electrons. The van der Waals surface area contributed by atoms with Gasteiger partial charge in [-0.05, 0) is 36.6 Å². The van der Waals surface area contributed by atoms with Crippen molar-refractivity contribution in [1.82, 2.24) is 0 Å². The molecule has 0 saturated heterocycles. The van der Waals surface area contributed by atoms with E-state index in [1.807, 2.05) is 12.1 Å². The van der Waals surface area contributed by atoms with Crippen LogP contribution in [0, 0.1) is 22.7 Å². The number of hydrogen-bond acceptors (Lipinski definition) is 4. The molecule has 1 aromatic rings. The van der Waals surface area contributed by atoms with Crippen molar-refractivity contribution in [2.45, 2.75) is 26.2 Å². The van der Waals surface area contributed by atoms with Crippen LogP contribution in [0.1, 0.15) is 34.8 Å². The first kappa shape index (κ1) is 13.7. The normalized spacial score (nSPS) is 9.28. The van der Waals surface area contributed by atoms with Crippen LogP contribution in [0.25, 0.3) is 0 Å². The molecule has 0 aromatic heterocycles. The van der Waals surface area contributed by atoms with Crippen molar-refractivity contribution in [3.63, 3.8) is 0 Å². The van der Waals surface area contributed by atoms with Gasteiger partial charge in [0.25, 0.3) is 0 Å². The molecular formula is C14H14N2O2. The molecule has 0 spiro atoms. The van der Waals surface area contributed by atoms with Crippen LogP contribution < -0.4 is 0 Å². The van der Waals surface area contributed by atoms with Gasteiger partial charge in [-0.15, -0.1) is 0 Å². The fourth-order valence-corrected chi connectivity index (χ4v) is 1.63. The van der Waals surface area contributed by atoms with Crippen LogP contribution in [-0.4, -0.2) is 12.6 Å². The Morgan fingerprint density at radius 3 is 2.56 bits per heavy atom. The van der Waals surface area contributed by atoms with E-state index in [9.17, 15) is 4.79 Å². The van der Waals surface area contributed by atoms with Crippen molar-refractivity contribution in [3.05, 3.63) is 34.9 Å². The molecule has 0 heterocycles. The van der Waals surface area contributed by atoms with Gasteiger partial charge in [0.1, 0.15) is 0 Å². The van der Waals surface area contributed by atoms with Crippen molar-refractivity contribution < 1.29 is 9.53 Å². The van der Waals surface area contributed by atoms with Crippen LogP contribution in [0.5, 0.6) is 0 Å². The summed E-state index contributed by atoms with van der Waals surface area (Å²) in [5.74, 6) is -0.393. The summed E-state index contributed by atoms with van der Waals surface area (Å²) in [6.45, 7) is 2.06. The fraction of sp³-hybridized carbons (Fsp3) is 0.357. The van der Waals surface area contributed by atoms with Crippen molar-refractivity contribution in [2.24, 2.45) is 0 Å². The number of carbonyl (C=O) groups is 1. The zero-order valence-corrected chi connectivity index (χ0v) is 10.3. The van der Waals surface area contributed by atoms with Gasteiger partial charge in [0, 0.05) is 6.42 Å². The Bertz CT molecular complexity index is 510. The van der Waals surface area contributed by atoms with E-state index in [2.05, 4.69) is 6.07 Å². The quantitative estimate of drug-likeness (QED) is 0.743. The summed E-state index contributed by atoms with van der Waals surface area (Å²) in [6, 6.07) is 9.34. The number of rotatable bonds is 5. The minimum absolute atomic E-state index is 0.243. The lowest BCUT2D eigenvalue weighted by Crippen LogP contribution is -2.06. The number of ether oxygens (including phenoxy) is 1. The molecule has 0 amide bonds. The van der Waals surface area contributed by atoms with Gasteiger partial charge in [0.05, 0.1) is 30.7 Å². The van der Waals surface area contributed by atoms with Crippen molar-refractivity contribution in [2.75, 3.05) is 6.61 Å². The molecule has 0 fully saturated rings. The maximum atomic E-state index is 11.7. The molecule has 0 N–H and O–H groups in total. The second kappa shape index (κ2) is 7.09. The van der Waals surface area contributed by atoms with Gasteiger partial charge < -0.3 is 4.74 Å². The molecule has 0 unspecified atom stereocenters. The molecule has 1 aromatic carbocycles. The van der Waals surface area contributed by atoms with Crippen molar-refractivity contribution in [3.8, 4) is 12.1 Å². The number of aryl methyl sites for hydroxylation is 1. The Balaban J connectivity index is 3.02. The van der Waals surface area contributed by atoms with E-state index in [1.165, 1.54) is 0 Å². The van der Waals surface area contributed by atoms with Crippen LogP contribution in [0.2, 0.25) is 0 Å². The van der Waals surface area contributed by atoms with Crippen LogP contribution in [-0.2, 0) is 17.6 Å². The summed E-state index contributed by atoms with van der Waals surface area (Å²) in [5.41, 5.74) is 2.10. The van der Waals surface area contributed by atoms with Gasteiger partial charge in [-0.25, -0.2) is 4.79 Å². The van der Waals surface area contributed by atoms with Gasteiger partial charge in [0.2, 0.25) is 0 Å². The third-order valence-corrected chi connectivity index (χ3v) is 2.37. The van der Waals surface area contributed by atoms with Gasteiger partial charge in [-0.2, -0.15) is 10.5 Å². The maximum Gasteiger partial charge on any atom is 0.338 e. The van der Waals surface area contributed by atoms with E-state index in [1.54, 1.807) is 19.1 Å². The summed E-state index contributed by atoms with van der Waals surface area (Å²) in [6.07, 6.45) is 1.20. The van der Waals surface area contributed by atoms with Crippen LogP contribution in [0.4, 0.5) is 0 Å². The molecule has 92 valence electrons. The van der Waals surface area contributed by atoms with E-state index in [-0.39, 0.29) is 6.42 Å². The predicted octanol–water partition coefficient (Wildman–Crippen LogP) is 2.39. The number of benzene rings is 1. The van der Waals surface area contributed by atoms with Gasteiger partial charge >= 0.3 is 5.97 Å². The Morgan fingerprint density at radius 2 is 1.94 bits per heavy atom. The number of esters is 1. The smallest absolute Gasteiger partial charge is 0.338 e. The fourth-order valence-electron chi connectivity index (χ4n) is 1.63. The zero-order valence-electron chi connectivity index (χ0n) is 10.3. The zero-order chi connectivity index (χ0) is 13.4. The highest BCUT2D eigenvalue weighted by atomic mass is 16.5. The minimum atomic E-state index is -0.393. The number of nitrogens with zero attached hydrogens (tertiary/aromatic N) is 2. The summed E-state index contributed by atoms with van der Waals surface area (Å²) in [7, 11) is 0. The van der Waals surface area contributed by atoms with Crippen molar-refractivity contribution in [1.29, 1.82) is 10.5 Å². The van der Waals surface area contributed by atoms with Crippen molar-refractivity contribution >= 4 is 5.97 Å². The number of hydrogen-bond donors (Lipinski definition) is 0. The first-order chi connectivity index (χ1) is 8.71. The lowest BCUT2D eigenvalue weighted by molar-refractivity contribution is 0.0526. The molecule has 0 atom stereocenters. The maximum absolute atomic E-state index is 11.7. The lowest BCUT2D eigenvalue weighted by atomic mass is 10.0. The molecule has 18 heavy (non-hydrogen) atoms. The highest BCUT2D eigenvalue weighted by Crippen LogP contribution is 2.14. The molecule has 4 nitrogen and oxygen atoms in total. The topological polar surface area (TPSA) is 73.9 Å². The van der Waals surface area contributed by atoms with E-state index in [0.29, 0.717) is 25.0 Å². The molecule has 1 rings (SSSR count). The summed E-state index contributed by atoms with van der Waals surface area (Å²) in [4.78, 5) is 11.7. The average molecular weight is 242 g/mol. The highest BCUT2D eigenvalue weighted by molar-refractivity contribution is 5.89. The Hall–Kier alpha value is -2.33. The first-order valence-electron chi connectivity index (χ1n) is 5.75. The molecule has 0 bridgehead atoms. The van der Waals surface area contributed by atoms with E-state index in [4.69, 9.17) is 15.3 Å². The first-order valence-corrected chi connectivity index (χ1v) is 5.75. The Kier molecular flexibility index (Phi) is 5.41. The second-order valence-corrected chi connectivity index (χ2v) is 3.75. The molecule has 0 aliphatic carbocycles. The largest absolute Gasteiger partial charge is 0.462 e. The molecule has 0 aliphatic heterocycles. The standard InChI is InChI=1S/C14H14N2O2/c1-2-18-14(17)13-9-11(4-3-6-15)8-12(10-13)5-7-16/h8-10H,2-5H2,1H3. The molecule has 4 heteroatoms. The van der Waals surface area contributed by atoms with E-state index in [0.717, 1.165) is 11.1 Å². The Labute approximate surface area is 106 Å². The lowest BCUT2D eigenvalue weighted by Gasteiger charge is -2.07. The van der Waals surface area contributed by atoms with Crippen LogP contribution in [0.3, 0.4) is 0 Å². The van der Waals surface area contributed by atoms with E-state index < -0.39 is 5.97 Å². The van der Waals surface area contributed by atoms with Gasteiger partial charge in [0.15, 0.2) is 0 Å². The van der Waals surface area contributed by atoms with Gasteiger partial charge in [-0.3, -0.25) is 0 Å². The minimum Gasteiger partial charge on any atom is -0.462 e. The Morgan fingerprint density at radius 1 is 1.22 bits per heavy atom. The third-order valence-electron chi connectivity index (χ3n) is 2.37. The summed E-state index contributed by atoms with van der Waals surface area (Å²) in [5, 5.41) is 17.3. The highest BCUT2D eigenvalue weighted by Gasteiger charge is 2.09. The van der Waals surface area contributed by atoms with Crippen LogP contribution >= 0.6 is 0 Å². The summed E-state index contributed by atoms with van der Waals surface area (Å²) >= 11 is 0. The van der Waals surface area contributed by atoms with Crippen LogP contribution in [0.15, 0.2) is 18.2 Å². The molecule has 0 aliphatic rings. The second-order valence-electron chi connectivity index (χ2n) is 3.75. The third kappa shape index (κ3) is 3.92. The SMILES string of the molecule is CCOC(=O)c1cc(CC#N)cc(CCC#N)c1. The average Bonchev–Trinajstić information content (AvgIpc) is 2.37. The predicted molar refractivity (Wildman–Crippen MR) is 65.6 cm³/mol. The number of carbonyl (C=O) groups excluding carboxylic acids is 1. The monoisotopic (exact) mass is 242 g/mol. The van der Waals surface area contributed by atoms with Gasteiger partial charge in [-0.1, -0.05) is 6.07 Å². The summed E-state index contributed by atoms with van der Waals surface area (Å²) < 4.78 is 4.93. The molecule has 0 saturated carbocycles. The number of nitriles is 2.